The smallest absolute Gasteiger partial charge is 0.0228 e. The second-order valence-electron chi connectivity index (χ2n) is 4.70. The minimum atomic E-state index is 0.838. The molecule has 1 aromatic rings. The average molecular weight is 237 g/mol. The average Bonchev–Trinajstić information content (AvgIpc) is 2.25. The van der Waals surface area contributed by atoms with Gasteiger partial charge in [0.1, 0.15) is 0 Å². The normalized spacial score (nSPS) is 11.0. The van der Waals surface area contributed by atoms with Gasteiger partial charge in [-0.25, -0.2) is 0 Å². The molecule has 0 amide bonds. The summed E-state index contributed by atoms with van der Waals surface area (Å²) in [6, 6.07) is 8.65. The first-order valence-electron chi connectivity index (χ1n) is 6.15. The second-order valence-corrected chi connectivity index (χ2v) is 5.66. The van der Waals surface area contributed by atoms with Crippen LogP contribution in [0.2, 0.25) is 0 Å². The molecular weight excluding hydrogens is 214 g/mol. The van der Waals surface area contributed by atoms with Gasteiger partial charge in [-0.3, -0.25) is 4.72 Å². The van der Waals surface area contributed by atoms with Gasteiger partial charge in [0, 0.05) is 11.4 Å². The number of nitrogens with one attached hydrogen (secondary N) is 1. The molecule has 0 aliphatic heterocycles. The monoisotopic (exact) mass is 237 g/mol. The highest BCUT2D eigenvalue weighted by molar-refractivity contribution is 7.97. The Morgan fingerprint density at radius 1 is 1.12 bits per heavy atom. The van der Waals surface area contributed by atoms with E-state index in [1.165, 1.54) is 29.7 Å². The predicted molar refractivity (Wildman–Crippen MR) is 73.7 cm³/mol. The fourth-order valence-electron chi connectivity index (χ4n) is 1.49. The third-order valence-corrected chi connectivity index (χ3v) is 3.38. The first kappa shape index (κ1) is 13.6. The van der Waals surface area contributed by atoms with Crippen molar-refractivity contribution in [2.45, 2.75) is 44.9 Å². The molecule has 0 aliphatic carbocycles. The van der Waals surface area contributed by atoms with E-state index in [0.717, 1.165) is 12.5 Å². The zero-order chi connectivity index (χ0) is 11.8. The molecule has 0 aliphatic rings. The molecule has 1 aromatic carbocycles. The van der Waals surface area contributed by atoms with Crippen molar-refractivity contribution in [1.82, 2.24) is 4.72 Å². The van der Waals surface area contributed by atoms with Crippen LogP contribution in [0.1, 0.15) is 38.7 Å². The SMILES string of the molecule is Cc1ccc(SNCCCCC(C)C)cc1. The van der Waals surface area contributed by atoms with Gasteiger partial charge in [-0.1, -0.05) is 44.4 Å². The van der Waals surface area contributed by atoms with E-state index in [-0.39, 0.29) is 0 Å². The van der Waals surface area contributed by atoms with Gasteiger partial charge in [0.25, 0.3) is 0 Å². The Balaban J connectivity index is 2.05. The maximum atomic E-state index is 3.41. The highest BCUT2D eigenvalue weighted by Crippen LogP contribution is 2.15. The highest BCUT2D eigenvalue weighted by Gasteiger charge is 1.95. The summed E-state index contributed by atoms with van der Waals surface area (Å²) >= 11 is 1.74. The van der Waals surface area contributed by atoms with Crippen molar-refractivity contribution in [3.8, 4) is 0 Å². The first-order valence-corrected chi connectivity index (χ1v) is 6.96. The number of hydrogen-bond acceptors (Lipinski definition) is 2. The van der Waals surface area contributed by atoms with E-state index in [0.29, 0.717) is 0 Å². The summed E-state index contributed by atoms with van der Waals surface area (Å²) in [5.41, 5.74) is 1.32. The van der Waals surface area contributed by atoms with E-state index in [1.807, 2.05) is 0 Å². The molecule has 0 radical (unpaired) electrons. The largest absolute Gasteiger partial charge is 0.260 e. The third-order valence-electron chi connectivity index (χ3n) is 2.52. The Morgan fingerprint density at radius 2 is 1.81 bits per heavy atom. The lowest BCUT2D eigenvalue weighted by Crippen LogP contribution is -2.05. The van der Waals surface area contributed by atoms with E-state index in [9.17, 15) is 0 Å². The van der Waals surface area contributed by atoms with Gasteiger partial charge >= 0.3 is 0 Å². The number of hydrogen-bond donors (Lipinski definition) is 1. The summed E-state index contributed by atoms with van der Waals surface area (Å²) < 4.78 is 3.41. The molecule has 0 atom stereocenters. The van der Waals surface area contributed by atoms with Gasteiger partial charge in [-0.15, -0.1) is 0 Å². The summed E-state index contributed by atoms with van der Waals surface area (Å²) in [6.45, 7) is 7.79. The summed E-state index contributed by atoms with van der Waals surface area (Å²) in [5, 5.41) is 0. The van der Waals surface area contributed by atoms with Crippen LogP contribution in [0, 0.1) is 12.8 Å². The van der Waals surface area contributed by atoms with Crippen molar-refractivity contribution in [2.24, 2.45) is 5.92 Å². The maximum Gasteiger partial charge on any atom is 0.0228 e. The van der Waals surface area contributed by atoms with Crippen LogP contribution in [0.5, 0.6) is 0 Å². The summed E-state index contributed by atoms with van der Waals surface area (Å²) in [5.74, 6) is 0.838. The molecule has 0 spiro atoms. The van der Waals surface area contributed by atoms with E-state index >= 15 is 0 Å². The van der Waals surface area contributed by atoms with Crippen molar-refractivity contribution in [1.29, 1.82) is 0 Å². The lowest BCUT2D eigenvalue weighted by atomic mass is 10.1. The van der Waals surface area contributed by atoms with Gasteiger partial charge in [0.2, 0.25) is 0 Å². The minimum absolute atomic E-state index is 0.838. The summed E-state index contributed by atoms with van der Waals surface area (Å²) in [6.07, 6.45) is 3.95. The van der Waals surface area contributed by atoms with Gasteiger partial charge < -0.3 is 0 Å². The van der Waals surface area contributed by atoms with Crippen LogP contribution in [0.15, 0.2) is 29.2 Å². The Morgan fingerprint density at radius 3 is 2.44 bits per heavy atom. The number of unbranched alkanes of at least 4 members (excludes halogenated alkanes) is 1. The van der Waals surface area contributed by atoms with E-state index in [2.05, 4.69) is 49.8 Å². The molecule has 0 heterocycles. The van der Waals surface area contributed by atoms with Crippen LogP contribution in [-0.4, -0.2) is 6.54 Å². The van der Waals surface area contributed by atoms with Crippen LogP contribution < -0.4 is 4.72 Å². The van der Waals surface area contributed by atoms with Gasteiger partial charge in [-0.05, 0) is 43.3 Å². The second kappa shape index (κ2) is 7.75. The minimum Gasteiger partial charge on any atom is -0.260 e. The maximum absolute atomic E-state index is 3.41. The molecular formula is C14H23NS. The molecule has 0 unspecified atom stereocenters. The predicted octanol–water partition coefficient (Wildman–Crippen LogP) is 4.42. The van der Waals surface area contributed by atoms with Crippen LogP contribution in [0.4, 0.5) is 0 Å². The molecule has 1 rings (SSSR count). The highest BCUT2D eigenvalue weighted by atomic mass is 32.2. The van der Waals surface area contributed by atoms with E-state index < -0.39 is 0 Å². The Kier molecular flexibility index (Phi) is 6.58. The zero-order valence-electron chi connectivity index (χ0n) is 10.6. The quantitative estimate of drug-likeness (QED) is 0.556. The van der Waals surface area contributed by atoms with Crippen molar-refractivity contribution in [3.05, 3.63) is 29.8 Å². The Labute approximate surface area is 104 Å². The van der Waals surface area contributed by atoms with Crippen molar-refractivity contribution in [2.75, 3.05) is 6.54 Å². The van der Waals surface area contributed by atoms with Gasteiger partial charge in [0.15, 0.2) is 0 Å². The first-order chi connectivity index (χ1) is 7.68. The van der Waals surface area contributed by atoms with Crippen LogP contribution in [0.3, 0.4) is 0 Å². The standard InChI is InChI=1S/C14H23NS/c1-12(2)6-4-5-11-15-16-14-9-7-13(3)8-10-14/h7-10,12,15H,4-6,11H2,1-3H3. The van der Waals surface area contributed by atoms with Crippen molar-refractivity contribution < 1.29 is 0 Å². The van der Waals surface area contributed by atoms with E-state index in [4.69, 9.17) is 0 Å². The topological polar surface area (TPSA) is 12.0 Å². The molecule has 16 heavy (non-hydrogen) atoms. The molecule has 1 nitrogen and oxygen atoms in total. The number of aryl methyl sites for hydroxylation is 1. The molecule has 1 N–H and O–H groups in total. The fraction of sp³-hybridized carbons (Fsp3) is 0.571. The van der Waals surface area contributed by atoms with Crippen molar-refractivity contribution >= 4 is 11.9 Å². The van der Waals surface area contributed by atoms with Gasteiger partial charge in [0.05, 0.1) is 0 Å². The number of benzene rings is 1. The molecule has 0 saturated heterocycles. The lowest BCUT2D eigenvalue weighted by Gasteiger charge is -2.06. The third kappa shape index (κ3) is 6.19. The zero-order valence-corrected chi connectivity index (χ0v) is 11.4. The summed E-state index contributed by atoms with van der Waals surface area (Å²) in [7, 11) is 0. The van der Waals surface area contributed by atoms with Crippen LogP contribution in [-0.2, 0) is 0 Å². The Hall–Kier alpha value is -0.470. The number of rotatable bonds is 7. The molecule has 0 saturated carbocycles. The summed E-state index contributed by atoms with van der Waals surface area (Å²) in [4.78, 5) is 1.30. The molecule has 90 valence electrons. The lowest BCUT2D eigenvalue weighted by molar-refractivity contribution is 0.538. The molecule has 0 aromatic heterocycles. The van der Waals surface area contributed by atoms with Crippen molar-refractivity contribution in [3.63, 3.8) is 0 Å². The van der Waals surface area contributed by atoms with Crippen LogP contribution in [0.25, 0.3) is 0 Å². The van der Waals surface area contributed by atoms with Crippen LogP contribution >= 0.6 is 11.9 Å². The molecule has 0 bridgehead atoms. The fourth-order valence-corrected chi connectivity index (χ4v) is 2.18. The van der Waals surface area contributed by atoms with Gasteiger partial charge in [-0.2, -0.15) is 0 Å². The Bertz CT molecular complexity index is 279. The molecule has 2 heteroatoms. The molecule has 0 fully saturated rings. The van der Waals surface area contributed by atoms with E-state index in [1.54, 1.807) is 11.9 Å².